The molecule has 0 radical (unpaired) electrons. The van der Waals surface area contributed by atoms with Gasteiger partial charge in [-0.2, -0.15) is 23.3 Å². The number of carbonyl (C=O) groups excluding carboxylic acids is 1. The van der Waals surface area contributed by atoms with Crippen molar-refractivity contribution in [1.29, 1.82) is 0 Å². The van der Waals surface area contributed by atoms with E-state index >= 15 is 4.39 Å². The number of hydrazone groups is 1. The molecule has 1 aliphatic heterocycles. The number of rotatable bonds is 4. The van der Waals surface area contributed by atoms with E-state index in [1.165, 1.54) is 12.1 Å². The normalized spacial score (nSPS) is 19.1. The van der Waals surface area contributed by atoms with Crippen LogP contribution in [0.3, 0.4) is 0 Å². The minimum Gasteiger partial charge on any atom is -0.268 e. The van der Waals surface area contributed by atoms with Gasteiger partial charge in [-0.05, 0) is 29.8 Å². The number of benzene rings is 3. The van der Waals surface area contributed by atoms with E-state index in [9.17, 15) is 18.0 Å². The first-order valence-corrected chi connectivity index (χ1v) is 9.18. The summed E-state index contributed by atoms with van der Waals surface area (Å²) >= 11 is 0. The zero-order valence-corrected chi connectivity index (χ0v) is 15.6. The van der Waals surface area contributed by atoms with Gasteiger partial charge in [-0.25, -0.2) is 4.39 Å². The second-order valence-electron chi connectivity index (χ2n) is 6.94. The first kappa shape index (κ1) is 19.8. The molecule has 0 bridgehead atoms. The number of nitrogens with zero attached hydrogens (tertiary/aromatic N) is 2. The Hall–Kier alpha value is -3.48. The number of para-hydroxylation sites is 1. The van der Waals surface area contributed by atoms with Crippen LogP contribution < -0.4 is 5.01 Å². The summed E-state index contributed by atoms with van der Waals surface area (Å²) in [4.78, 5) is 13.1. The lowest BCUT2D eigenvalue weighted by Crippen LogP contribution is -2.44. The maximum Gasteiger partial charge on any atom is 0.416 e. The van der Waals surface area contributed by atoms with E-state index in [-0.39, 0.29) is 11.3 Å². The molecule has 3 aromatic carbocycles. The van der Waals surface area contributed by atoms with Crippen LogP contribution in [-0.2, 0) is 17.4 Å². The predicted molar refractivity (Wildman–Crippen MR) is 106 cm³/mol. The fourth-order valence-corrected chi connectivity index (χ4v) is 3.37. The smallest absolute Gasteiger partial charge is 0.268 e. The number of amides is 1. The molecule has 0 saturated carbocycles. The quantitative estimate of drug-likeness (QED) is 0.528. The Morgan fingerprint density at radius 3 is 1.97 bits per heavy atom. The second-order valence-corrected chi connectivity index (χ2v) is 6.94. The lowest BCUT2D eigenvalue weighted by Gasteiger charge is -2.21. The van der Waals surface area contributed by atoms with E-state index in [2.05, 4.69) is 5.10 Å². The summed E-state index contributed by atoms with van der Waals surface area (Å²) in [7, 11) is 0. The predicted octanol–water partition coefficient (Wildman–Crippen LogP) is 5.41. The molecule has 1 atom stereocenters. The Kier molecular flexibility index (Phi) is 4.89. The molecule has 0 saturated heterocycles. The first-order valence-electron chi connectivity index (χ1n) is 9.18. The molecule has 7 heteroatoms. The summed E-state index contributed by atoms with van der Waals surface area (Å²) in [6.07, 6.45) is -4.92. The molecule has 1 unspecified atom stereocenters. The van der Waals surface area contributed by atoms with E-state index in [4.69, 9.17) is 0 Å². The van der Waals surface area contributed by atoms with Gasteiger partial charge < -0.3 is 0 Å². The largest absolute Gasteiger partial charge is 0.416 e. The van der Waals surface area contributed by atoms with Gasteiger partial charge in [-0.15, -0.1) is 0 Å². The van der Waals surface area contributed by atoms with Gasteiger partial charge in [0.25, 0.3) is 5.91 Å². The molecule has 0 N–H and O–H groups in total. The highest BCUT2D eigenvalue weighted by atomic mass is 19.4. The summed E-state index contributed by atoms with van der Waals surface area (Å²) in [5.74, 6) is -0.882. The molecule has 1 amide bonds. The van der Waals surface area contributed by atoms with Crippen molar-refractivity contribution in [2.75, 3.05) is 5.01 Å². The molecule has 0 spiro atoms. The Morgan fingerprint density at radius 2 is 1.40 bits per heavy atom. The van der Waals surface area contributed by atoms with E-state index in [0.29, 0.717) is 11.3 Å². The van der Waals surface area contributed by atoms with Crippen LogP contribution >= 0.6 is 0 Å². The van der Waals surface area contributed by atoms with E-state index in [1.54, 1.807) is 60.7 Å². The molecule has 3 aromatic rings. The third kappa shape index (κ3) is 3.58. The van der Waals surface area contributed by atoms with E-state index in [1.807, 2.05) is 0 Å². The van der Waals surface area contributed by atoms with E-state index < -0.39 is 29.7 Å². The lowest BCUT2D eigenvalue weighted by molar-refractivity contribution is -0.137. The third-order valence-electron chi connectivity index (χ3n) is 4.88. The fraction of sp³-hybridized carbons (Fsp3) is 0.130. The molecule has 30 heavy (non-hydrogen) atoms. The average Bonchev–Trinajstić information content (AvgIpc) is 3.00. The molecule has 152 valence electrons. The Bertz CT molecular complexity index is 1080. The Balaban J connectivity index is 1.74. The highest BCUT2D eigenvalue weighted by Gasteiger charge is 2.53. The van der Waals surface area contributed by atoms with Crippen LogP contribution in [-0.4, -0.2) is 17.3 Å². The SMILES string of the molecule is O=C1N(c2ccccc2)N=C(c2ccccc2)C1(F)Cc1ccc(C(F)(F)F)cc1. The molecular formula is C23H16F4N2O. The minimum atomic E-state index is -4.49. The molecule has 0 aliphatic carbocycles. The molecule has 1 heterocycles. The number of alkyl halides is 4. The van der Waals surface area contributed by atoms with Crippen LogP contribution in [0.25, 0.3) is 0 Å². The molecule has 0 aromatic heterocycles. The van der Waals surface area contributed by atoms with Gasteiger partial charge in [-0.3, -0.25) is 4.79 Å². The molecule has 4 rings (SSSR count). The van der Waals surface area contributed by atoms with Crippen LogP contribution in [0.5, 0.6) is 0 Å². The highest BCUT2D eigenvalue weighted by molar-refractivity contribution is 6.27. The van der Waals surface area contributed by atoms with Gasteiger partial charge in [0.2, 0.25) is 5.67 Å². The van der Waals surface area contributed by atoms with Gasteiger partial charge in [0.05, 0.1) is 11.3 Å². The van der Waals surface area contributed by atoms with Crippen molar-refractivity contribution in [2.24, 2.45) is 5.10 Å². The number of hydrogen-bond acceptors (Lipinski definition) is 2. The number of hydrogen-bond donors (Lipinski definition) is 0. The summed E-state index contributed by atoms with van der Waals surface area (Å²) in [6.45, 7) is 0. The molecule has 1 aliphatic rings. The third-order valence-corrected chi connectivity index (χ3v) is 4.88. The number of anilines is 1. The van der Waals surface area contributed by atoms with Crippen molar-refractivity contribution in [2.45, 2.75) is 18.3 Å². The maximum absolute atomic E-state index is 16.3. The van der Waals surface area contributed by atoms with Crippen molar-refractivity contribution in [3.63, 3.8) is 0 Å². The fourth-order valence-electron chi connectivity index (χ4n) is 3.37. The van der Waals surface area contributed by atoms with Gasteiger partial charge in [0.1, 0.15) is 5.71 Å². The van der Waals surface area contributed by atoms with Crippen LogP contribution in [0.4, 0.5) is 23.2 Å². The lowest BCUT2D eigenvalue weighted by atomic mass is 9.87. The summed E-state index contributed by atoms with van der Waals surface area (Å²) in [6, 6.07) is 21.0. The molecular weight excluding hydrogens is 396 g/mol. The van der Waals surface area contributed by atoms with Gasteiger partial charge >= 0.3 is 6.18 Å². The van der Waals surface area contributed by atoms with Crippen molar-refractivity contribution < 1.29 is 22.4 Å². The topological polar surface area (TPSA) is 32.7 Å². The summed E-state index contributed by atoms with van der Waals surface area (Å²) < 4.78 is 54.8. The van der Waals surface area contributed by atoms with Crippen molar-refractivity contribution >= 4 is 17.3 Å². The van der Waals surface area contributed by atoms with Gasteiger partial charge in [-0.1, -0.05) is 60.7 Å². The maximum atomic E-state index is 16.3. The van der Waals surface area contributed by atoms with Crippen LogP contribution in [0.15, 0.2) is 90.0 Å². The average molecular weight is 412 g/mol. The summed E-state index contributed by atoms with van der Waals surface area (Å²) in [5, 5.41) is 5.27. The molecule has 3 nitrogen and oxygen atoms in total. The number of carbonyl (C=O) groups is 1. The molecule has 0 fully saturated rings. The Morgan fingerprint density at radius 1 is 0.833 bits per heavy atom. The first-order chi connectivity index (χ1) is 14.3. The summed E-state index contributed by atoms with van der Waals surface area (Å²) in [5.41, 5.74) is -2.33. The van der Waals surface area contributed by atoms with Crippen LogP contribution in [0.1, 0.15) is 16.7 Å². The second kappa shape index (κ2) is 7.40. The monoisotopic (exact) mass is 412 g/mol. The van der Waals surface area contributed by atoms with Crippen LogP contribution in [0, 0.1) is 0 Å². The number of halogens is 4. The Labute approximate surface area is 170 Å². The zero-order chi connectivity index (χ0) is 21.4. The van der Waals surface area contributed by atoms with Crippen molar-refractivity contribution in [3.8, 4) is 0 Å². The van der Waals surface area contributed by atoms with E-state index in [0.717, 1.165) is 17.1 Å². The van der Waals surface area contributed by atoms with Gasteiger partial charge in [0.15, 0.2) is 0 Å². The van der Waals surface area contributed by atoms with Crippen molar-refractivity contribution in [3.05, 3.63) is 102 Å². The minimum absolute atomic E-state index is 0.0724. The zero-order valence-electron chi connectivity index (χ0n) is 15.6. The van der Waals surface area contributed by atoms with Crippen molar-refractivity contribution in [1.82, 2.24) is 0 Å². The highest BCUT2D eigenvalue weighted by Crippen LogP contribution is 2.36. The van der Waals surface area contributed by atoms with Crippen LogP contribution in [0.2, 0.25) is 0 Å². The standard InChI is InChI=1S/C23H16F4N2O/c24-22(15-16-11-13-18(14-12-16)23(25,26)27)20(17-7-3-1-4-8-17)28-29(21(22)30)19-9-5-2-6-10-19/h1-14H,15H2. The van der Waals surface area contributed by atoms with Gasteiger partial charge in [0, 0.05) is 12.0 Å².